The lowest BCUT2D eigenvalue weighted by Gasteiger charge is -2.28. The number of esters is 2. The highest BCUT2D eigenvalue weighted by atomic mass is 31.2. The largest absolute Gasteiger partial charge is 0.756 e. The van der Waals surface area contributed by atoms with Crippen molar-refractivity contribution < 1.29 is 47.2 Å². The van der Waals surface area contributed by atoms with Gasteiger partial charge in [-0.1, -0.05) is 146 Å². The molecule has 0 bridgehead atoms. The van der Waals surface area contributed by atoms with Crippen LogP contribution in [0, 0.1) is 0 Å². The van der Waals surface area contributed by atoms with Crippen molar-refractivity contribution in [3.05, 3.63) is 48.6 Å². The molecule has 0 saturated heterocycles. The van der Waals surface area contributed by atoms with Gasteiger partial charge in [0.15, 0.2) is 6.10 Å². The molecule has 0 aromatic carbocycles. The van der Waals surface area contributed by atoms with Crippen molar-refractivity contribution in [3.63, 3.8) is 0 Å². The molecule has 0 heterocycles. The molecule has 10 nitrogen and oxygen atoms in total. The van der Waals surface area contributed by atoms with Gasteiger partial charge in [0, 0.05) is 12.8 Å². The van der Waals surface area contributed by atoms with Gasteiger partial charge in [-0.3, -0.25) is 14.2 Å². The Labute approximate surface area is 348 Å². The number of unbranched alkanes of at least 4 members (excludes halogenated alkanes) is 17. The average Bonchev–Trinajstić information content (AvgIpc) is 3.15. The van der Waals surface area contributed by atoms with Crippen molar-refractivity contribution in [1.82, 2.24) is 0 Å². The molecule has 0 amide bonds. The van der Waals surface area contributed by atoms with Gasteiger partial charge in [0.05, 0.1) is 33.9 Å². The standard InChI is InChI=1S/C46H84NO9P/c1-6-8-10-12-14-16-18-20-21-23-25-27-29-31-33-37-46(50)56-44(42-55-57(51,52)54-40-39-47(3,4)5)41-53-45(49)38-34-36-43(48)35-32-30-28-26-24-22-19-17-15-13-11-9-7-2/h20-22,24,28,30,32,35,43-44,48H,6-19,23,25-27,29,31,33-34,36-42H2,1-5H3/b21-20-,24-22+,30-28+,35-32+/t43?,44-/m1/s1. The summed E-state index contributed by atoms with van der Waals surface area (Å²) in [7, 11) is 1.06. The van der Waals surface area contributed by atoms with Crippen LogP contribution in [0.2, 0.25) is 0 Å². The van der Waals surface area contributed by atoms with E-state index in [1.807, 2.05) is 33.3 Å². The van der Waals surface area contributed by atoms with Gasteiger partial charge in [0.2, 0.25) is 0 Å². The number of aliphatic hydroxyl groups excluding tert-OH is 1. The summed E-state index contributed by atoms with van der Waals surface area (Å²) < 4.78 is 33.7. The van der Waals surface area contributed by atoms with Crippen molar-refractivity contribution in [2.45, 2.75) is 187 Å². The Bertz CT molecular complexity index is 1130. The number of ether oxygens (including phenoxy) is 2. The predicted molar refractivity (Wildman–Crippen MR) is 233 cm³/mol. The Kier molecular flexibility index (Phi) is 36.8. The van der Waals surface area contributed by atoms with Gasteiger partial charge in [-0.05, 0) is 64.2 Å². The van der Waals surface area contributed by atoms with Crippen LogP contribution in [-0.2, 0) is 32.7 Å². The number of carbonyl (C=O) groups excluding carboxylic acids is 2. The lowest BCUT2D eigenvalue weighted by atomic mass is 10.1. The summed E-state index contributed by atoms with van der Waals surface area (Å²) in [4.78, 5) is 37.5. The van der Waals surface area contributed by atoms with E-state index < -0.39 is 38.6 Å². The summed E-state index contributed by atoms with van der Waals surface area (Å²) in [5, 5.41) is 10.3. The highest BCUT2D eigenvalue weighted by Gasteiger charge is 2.22. The van der Waals surface area contributed by atoms with Crippen LogP contribution < -0.4 is 4.89 Å². The number of nitrogens with zero attached hydrogens (tertiary/aromatic N) is 1. The number of quaternary nitrogens is 1. The Balaban J connectivity index is 4.55. The molecule has 0 aromatic rings. The number of hydrogen-bond donors (Lipinski definition) is 1. The van der Waals surface area contributed by atoms with Crippen LogP contribution in [0.15, 0.2) is 48.6 Å². The third kappa shape index (κ3) is 41.9. The maximum Gasteiger partial charge on any atom is 0.306 e. The van der Waals surface area contributed by atoms with E-state index in [0.717, 1.165) is 51.4 Å². The monoisotopic (exact) mass is 826 g/mol. The minimum atomic E-state index is -4.67. The van der Waals surface area contributed by atoms with Crippen LogP contribution in [0.3, 0.4) is 0 Å². The van der Waals surface area contributed by atoms with Crippen molar-refractivity contribution in [3.8, 4) is 0 Å². The predicted octanol–water partition coefficient (Wildman–Crippen LogP) is 11.0. The summed E-state index contributed by atoms with van der Waals surface area (Å²) in [6, 6.07) is 0. The fourth-order valence-electron chi connectivity index (χ4n) is 5.83. The maximum absolute atomic E-state index is 12.7. The zero-order valence-corrected chi connectivity index (χ0v) is 37.8. The van der Waals surface area contributed by atoms with Crippen molar-refractivity contribution in [1.29, 1.82) is 0 Å². The number of likely N-dealkylation sites (N-methyl/N-ethyl adjacent to an activating group) is 1. The topological polar surface area (TPSA) is 131 Å². The van der Waals surface area contributed by atoms with E-state index in [0.29, 0.717) is 30.3 Å². The third-order valence-electron chi connectivity index (χ3n) is 9.43. The molecule has 0 rings (SSSR count). The van der Waals surface area contributed by atoms with Crippen LogP contribution in [0.5, 0.6) is 0 Å². The van der Waals surface area contributed by atoms with Crippen LogP contribution in [0.4, 0.5) is 0 Å². The average molecular weight is 826 g/mol. The number of phosphoric acid groups is 1. The second kappa shape index (κ2) is 38.2. The zero-order valence-electron chi connectivity index (χ0n) is 36.9. The molecule has 332 valence electrons. The van der Waals surface area contributed by atoms with E-state index in [9.17, 15) is 24.2 Å². The lowest BCUT2D eigenvalue weighted by Crippen LogP contribution is -2.37. The smallest absolute Gasteiger partial charge is 0.306 e. The molecular weight excluding hydrogens is 741 g/mol. The summed E-state index contributed by atoms with van der Waals surface area (Å²) >= 11 is 0. The summed E-state index contributed by atoms with van der Waals surface area (Å²) in [6.45, 7) is 3.98. The van der Waals surface area contributed by atoms with E-state index in [2.05, 4.69) is 38.2 Å². The number of allylic oxidation sites excluding steroid dienone is 7. The molecule has 0 aromatic heterocycles. The number of phosphoric ester groups is 1. The van der Waals surface area contributed by atoms with Gasteiger partial charge in [0.1, 0.15) is 19.8 Å². The Morgan fingerprint density at radius 2 is 1.18 bits per heavy atom. The van der Waals surface area contributed by atoms with Crippen LogP contribution in [-0.4, -0.2) is 81.2 Å². The molecule has 0 aliphatic carbocycles. The lowest BCUT2D eigenvalue weighted by molar-refractivity contribution is -0.870. The maximum atomic E-state index is 12.7. The van der Waals surface area contributed by atoms with Gasteiger partial charge < -0.3 is 33.0 Å². The molecular formula is C46H84NO9P. The zero-order chi connectivity index (χ0) is 42.3. The highest BCUT2D eigenvalue weighted by molar-refractivity contribution is 7.45. The van der Waals surface area contributed by atoms with Gasteiger partial charge in [-0.25, -0.2) is 0 Å². The molecule has 3 atom stereocenters. The summed E-state index contributed by atoms with van der Waals surface area (Å²) in [5.74, 6) is -1.04. The molecule has 0 aliphatic rings. The molecule has 0 saturated carbocycles. The molecule has 1 N–H and O–H groups in total. The molecule has 2 unspecified atom stereocenters. The molecule has 57 heavy (non-hydrogen) atoms. The molecule has 0 fully saturated rings. The number of carbonyl (C=O) groups is 2. The second-order valence-corrected chi connectivity index (χ2v) is 17.7. The first kappa shape index (κ1) is 54.9. The van der Waals surface area contributed by atoms with Gasteiger partial charge >= 0.3 is 11.9 Å². The fourth-order valence-corrected chi connectivity index (χ4v) is 6.56. The van der Waals surface area contributed by atoms with E-state index in [4.69, 9.17) is 18.5 Å². The van der Waals surface area contributed by atoms with E-state index in [1.54, 1.807) is 12.2 Å². The minimum Gasteiger partial charge on any atom is -0.756 e. The third-order valence-corrected chi connectivity index (χ3v) is 10.4. The molecule has 0 spiro atoms. The Morgan fingerprint density at radius 1 is 0.649 bits per heavy atom. The number of hydrogen-bond acceptors (Lipinski definition) is 9. The Morgan fingerprint density at radius 3 is 1.75 bits per heavy atom. The number of aliphatic hydroxyl groups is 1. The van der Waals surface area contributed by atoms with E-state index in [-0.39, 0.29) is 26.1 Å². The molecule has 0 radical (unpaired) electrons. The minimum absolute atomic E-state index is 0.0504. The Hall–Kier alpha value is -2.07. The highest BCUT2D eigenvalue weighted by Crippen LogP contribution is 2.38. The van der Waals surface area contributed by atoms with E-state index >= 15 is 0 Å². The van der Waals surface area contributed by atoms with Gasteiger partial charge in [0.25, 0.3) is 7.82 Å². The van der Waals surface area contributed by atoms with E-state index in [1.165, 1.54) is 77.0 Å². The SMILES string of the molecule is CCCCCCCC/C=C\CCCCCCCC(=O)O[C@H](COC(=O)CCCC(O)/C=C/C=C/C/C=C/CCCCCCCC)COP(=O)([O-])OCC[N+](C)(C)C. The van der Waals surface area contributed by atoms with Crippen LogP contribution in [0.1, 0.15) is 174 Å². The van der Waals surface area contributed by atoms with Crippen molar-refractivity contribution in [2.75, 3.05) is 47.5 Å². The fraction of sp³-hybridized carbons (Fsp3) is 0.783. The first-order valence-electron chi connectivity index (χ1n) is 22.5. The summed E-state index contributed by atoms with van der Waals surface area (Å²) in [5.41, 5.74) is 0. The van der Waals surface area contributed by atoms with Crippen LogP contribution in [0.25, 0.3) is 0 Å². The second-order valence-electron chi connectivity index (χ2n) is 16.3. The molecule has 0 aliphatic heterocycles. The van der Waals surface area contributed by atoms with Crippen LogP contribution >= 0.6 is 7.82 Å². The number of rotatable bonds is 40. The van der Waals surface area contributed by atoms with Gasteiger partial charge in [-0.15, -0.1) is 0 Å². The normalized spacial score (nSPS) is 14.6. The quantitative estimate of drug-likeness (QED) is 0.0160. The first-order valence-corrected chi connectivity index (χ1v) is 23.9. The summed E-state index contributed by atoms with van der Waals surface area (Å²) in [6.07, 6.45) is 40.3. The van der Waals surface area contributed by atoms with Gasteiger partial charge in [-0.2, -0.15) is 0 Å². The first-order chi connectivity index (χ1) is 27.4. The molecule has 11 heteroatoms. The van der Waals surface area contributed by atoms with Crippen molar-refractivity contribution >= 4 is 19.8 Å². The van der Waals surface area contributed by atoms with Crippen molar-refractivity contribution in [2.24, 2.45) is 0 Å².